The van der Waals surface area contributed by atoms with E-state index in [1.807, 2.05) is 6.07 Å². The van der Waals surface area contributed by atoms with E-state index in [0.29, 0.717) is 11.6 Å². The minimum atomic E-state index is 0.572. The van der Waals surface area contributed by atoms with Crippen LogP contribution in [-0.4, -0.2) is 24.0 Å². The zero-order chi connectivity index (χ0) is 14.8. The first-order valence-electron chi connectivity index (χ1n) is 7.75. The van der Waals surface area contributed by atoms with Crippen molar-refractivity contribution in [2.24, 2.45) is 0 Å². The van der Waals surface area contributed by atoms with E-state index in [9.17, 15) is 0 Å². The molecule has 0 amide bonds. The van der Waals surface area contributed by atoms with Crippen molar-refractivity contribution in [3.8, 4) is 0 Å². The number of fused-ring (bicyclic) bond motifs is 1. The van der Waals surface area contributed by atoms with Crippen molar-refractivity contribution in [1.82, 2.24) is 4.57 Å². The average molecular weight is 285 g/mol. The smallest absolute Gasteiger partial charge is 0.0490 e. The minimum Gasteiger partial charge on any atom is -0.398 e. The van der Waals surface area contributed by atoms with Crippen molar-refractivity contribution in [3.63, 3.8) is 0 Å². The zero-order valence-electron chi connectivity index (χ0n) is 12.6. The number of aromatic nitrogens is 1. The summed E-state index contributed by atoms with van der Waals surface area (Å²) in [6.07, 6.45) is 4.62. The summed E-state index contributed by atoms with van der Waals surface area (Å²) in [5, 5.41) is 8.69. The van der Waals surface area contributed by atoms with Crippen LogP contribution in [-0.2, 0) is 11.3 Å². The van der Waals surface area contributed by atoms with E-state index in [1.54, 1.807) is 0 Å². The fourth-order valence-corrected chi connectivity index (χ4v) is 3.29. The van der Waals surface area contributed by atoms with Gasteiger partial charge < -0.3 is 20.4 Å². The lowest BCUT2D eigenvalue weighted by Crippen LogP contribution is -2.17. The quantitative estimate of drug-likeness (QED) is 0.666. The molecule has 0 aliphatic carbocycles. The van der Waals surface area contributed by atoms with Crippen LogP contribution in [0.1, 0.15) is 43.4 Å². The van der Waals surface area contributed by atoms with Gasteiger partial charge in [0.2, 0.25) is 0 Å². The molecule has 0 radical (unpaired) electrons. The minimum absolute atomic E-state index is 0.572. The van der Waals surface area contributed by atoms with Crippen molar-refractivity contribution in [2.75, 3.05) is 18.9 Å². The Hall–Kier alpha value is -1.81. The Bertz CT molecular complexity index is 654. The second-order valence-electron chi connectivity index (χ2n) is 5.79. The number of nitrogens with zero attached hydrogens (tertiary/aromatic N) is 1. The van der Waals surface area contributed by atoms with Gasteiger partial charge in [-0.15, -0.1) is 0 Å². The first-order valence-corrected chi connectivity index (χ1v) is 7.75. The van der Waals surface area contributed by atoms with Gasteiger partial charge in [0.05, 0.1) is 0 Å². The van der Waals surface area contributed by atoms with Gasteiger partial charge in [0.15, 0.2) is 0 Å². The van der Waals surface area contributed by atoms with Crippen LogP contribution in [0.5, 0.6) is 0 Å². The fraction of sp³-hybridized carbons (Fsp3) is 0.471. The maximum absolute atomic E-state index is 7.50. The molecule has 4 heteroatoms. The molecule has 0 unspecified atom stereocenters. The van der Waals surface area contributed by atoms with Gasteiger partial charge in [-0.2, -0.15) is 0 Å². The van der Waals surface area contributed by atoms with Crippen molar-refractivity contribution < 1.29 is 4.74 Å². The highest BCUT2D eigenvalue weighted by atomic mass is 16.5. The molecule has 1 saturated heterocycles. The zero-order valence-corrected chi connectivity index (χ0v) is 12.6. The van der Waals surface area contributed by atoms with E-state index in [0.717, 1.165) is 44.6 Å². The Labute approximate surface area is 125 Å². The molecule has 0 spiro atoms. The van der Waals surface area contributed by atoms with Gasteiger partial charge in [-0.25, -0.2) is 0 Å². The summed E-state index contributed by atoms with van der Waals surface area (Å²) in [6, 6.07) is 6.34. The maximum Gasteiger partial charge on any atom is 0.0490 e. The first kappa shape index (κ1) is 14.1. The number of benzene rings is 1. The number of hydrogen-bond donors (Lipinski definition) is 2. The van der Waals surface area contributed by atoms with Gasteiger partial charge in [0, 0.05) is 59.7 Å². The number of ether oxygens (including phenoxy) is 1. The summed E-state index contributed by atoms with van der Waals surface area (Å²) < 4.78 is 7.91. The van der Waals surface area contributed by atoms with Crippen molar-refractivity contribution in [1.29, 1.82) is 5.41 Å². The molecule has 3 N–H and O–H groups in total. The van der Waals surface area contributed by atoms with E-state index in [2.05, 4.69) is 23.6 Å². The molecule has 0 saturated carbocycles. The Morgan fingerprint density at radius 2 is 2.10 bits per heavy atom. The SMILES string of the molecule is CCCn1c(C2CCOCC2)cc2cc(N)c(C=N)cc21. The van der Waals surface area contributed by atoms with Gasteiger partial charge in [-0.3, -0.25) is 0 Å². The molecule has 4 nitrogen and oxygen atoms in total. The van der Waals surface area contributed by atoms with Crippen LogP contribution in [0.25, 0.3) is 10.9 Å². The summed E-state index contributed by atoms with van der Waals surface area (Å²) in [5.74, 6) is 0.572. The molecule has 1 aliphatic rings. The van der Waals surface area contributed by atoms with E-state index in [4.69, 9.17) is 15.9 Å². The largest absolute Gasteiger partial charge is 0.398 e. The highest BCUT2D eigenvalue weighted by Gasteiger charge is 2.21. The van der Waals surface area contributed by atoms with Crippen LogP contribution >= 0.6 is 0 Å². The van der Waals surface area contributed by atoms with Gasteiger partial charge in [0.25, 0.3) is 0 Å². The number of nitrogens with two attached hydrogens (primary N) is 1. The lowest BCUT2D eigenvalue weighted by molar-refractivity contribution is 0.0838. The molecule has 0 atom stereocenters. The summed E-state index contributed by atoms with van der Waals surface area (Å²) in [7, 11) is 0. The third kappa shape index (κ3) is 2.56. The number of hydrogen-bond acceptors (Lipinski definition) is 3. The third-order valence-electron chi connectivity index (χ3n) is 4.38. The van der Waals surface area contributed by atoms with Crippen LogP contribution in [0.2, 0.25) is 0 Å². The molecule has 2 heterocycles. The molecular formula is C17H23N3O. The van der Waals surface area contributed by atoms with Crippen LogP contribution in [0.4, 0.5) is 5.69 Å². The topological polar surface area (TPSA) is 64.0 Å². The summed E-state index contributed by atoms with van der Waals surface area (Å²) in [4.78, 5) is 0. The van der Waals surface area contributed by atoms with Crippen LogP contribution in [0.15, 0.2) is 18.2 Å². The number of nitrogen functional groups attached to an aromatic ring is 1. The Morgan fingerprint density at radius 3 is 2.76 bits per heavy atom. The number of anilines is 1. The summed E-state index contributed by atoms with van der Waals surface area (Å²) in [6.45, 7) is 4.92. The number of nitrogens with one attached hydrogen (secondary N) is 1. The van der Waals surface area contributed by atoms with Gasteiger partial charge >= 0.3 is 0 Å². The highest BCUT2D eigenvalue weighted by Crippen LogP contribution is 2.33. The van der Waals surface area contributed by atoms with E-state index in [-0.39, 0.29) is 0 Å². The van der Waals surface area contributed by atoms with Gasteiger partial charge in [-0.1, -0.05) is 6.92 Å². The number of aryl methyl sites for hydroxylation is 1. The predicted octanol–water partition coefficient (Wildman–Crippen LogP) is 3.53. The molecular weight excluding hydrogens is 262 g/mol. The molecule has 21 heavy (non-hydrogen) atoms. The second kappa shape index (κ2) is 5.90. The summed E-state index contributed by atoms with van der Waals surface area (Å²) in [5.41, 5.74) is 10.1. The average Bonchev–Trinajstić information content (AvgIpc) is 2.85. The monoisotopic (exact) mass is 285 g/mol. The lowest BCUT2D eigenvalue weighted by atomic mass is 9.96. The van der Waals surface area contributed by atoms with E-state index < -0.39 is 0 Å². The van der Waals surface area contributed by atoms with Crippen molar-refractivity contribution >= 4 is 22.8 Å². The maximum atomic E-state index is 7.50. The Kier molecular flexibility index (Phi) is 3.97. The van der Waals surface area contributed by atoms with E-state index >= 15 is 0 Å². The number of rotatable bonds is 4. The van der Waals surface area contributed by atoms with Gasteiger partial charge in [0.1, 0.15) is 0 Å². The normalized spacial score (nSPS) is 16.4. The fourth-order valence-electron chi connectivity index (χ4n) is 3.29. The van der Waals surface area contributed by atoms with Crippen LogP contribution in [0, 0.1) is 5.41 Å². The van der Waals surface area contributed by atoms with Gasteiger partial charge in [-0.05, 0) is 37.5 Å². The lowest BCUT2D eigenvalue weighted by Gasteiger charge is -2.24. The summed E-state index contributed by atoms with van der Waals surface area (Å²) >= 11 is 0. The predicted molar refractivity (Wildman–Crippen MR) is 87.3 cm³/mol. The molecule has 1 fully saturated rings. The van der Waals surface area contributed by atoms with Crippen LogP contribution < -0.4 is 5.73 Å². The standard InChI is InChI=1S/C17H23N3O/c1-2-5-20-16(12-3-6-21-7-4-12)9-13-8-15(19)14(11-18)10-17(13)20/h8-12,18H,2-7,19H2,1H3. The Balaban J connectivity index is 2.14. The first-order chi connectivity index (χ1) is 10.2. The van der Waals surface area contributed by atoms with Crippen LogP contribution in [0.3, 0.4) is 0 Å². The highest BCUT2D eigenvalue weighted by molar-refractivity contribution is 5.95. The molecule has 1 aromatic heterocycles. The van der Waals surface area contributed by atoms with E-state index in [1.165, 1.54) is 22.8 Å². The second-order valence-corrected chi connectivity index (χ2v) is 5.79. The molecule has 0 bridgehead atoms. The third-order valence-corrected chi connectivity index (χ3v) is 4.38. The Morgan fingerprint density at radius 1 is 1.33 bits per heavy atom. The molecule has 3 rings (SSSR count). The van der Waals surface area contributed by atoms with Crippen molar-refractivity contribution in [2.45, 2.75) is 38.6 Å². The molecule has 2 aromatic rings. The molecule has 112 valence electrons. The molecule has 1 aromatic carbocycles. The molecule has 1 aliphatic heterocycles. The van der Waals surface area contributed by atoms with Crippen molar-refractivity contribution in [3.05, 3.63) is 29.5 Å².